The number of carbonyl (C=O) groups excluding carboxylic acids is 1. The molecule has 5 nitrogen and oxygen atoms in total. The van der Waals surface area contributed by atoms with Crippen molar-refractivity contribution < 1.29 is 22.7 Å². The zero-order valence-electron chi connectivity index (χ0n) is 19.9. The summed E-state index contributed by atoms with van der Waals surface area (Å²) in [5, 5.41) is 4.11. The number of nitrogens with zero attached hydrogens (tertiary/aromatic N) is 1. The summed E-state index contributed by atoms with van der Waals surface area (Å²) in [4.78, 5) is 17.7. The van der Waals surface area contributed by atoms with E-state index in [2.05, 4.69) is 10.3 Å². The van der Waals surface area contributed by atoms with E-state index in [1.807, 2.05) is 24.4 Å². The third-order valence-electron chi connectivity index (χ3n) is 9.10. The maximum Gasteiger partial charge on any atom is 0.401 e. The number of halogens is 3. The number of aromatic amines is 1. The number of hydrogen-bond donors (Lipinski definition) is 2. The molecule has 1 amide bonds. The molecule has 0 spiro atoms. The van der Waals surface area contributed by atoms with Crippen LogP contribution in [0, 0.1) is 35.5 Å². The number of rotatable bonds is 7. The van der Waals surface area contributed by atoms with Gasteiger partial charge in [-0.25, -0.2) is 0 Å². The van der Waals surface area contributed by atoms with Gasteiger partial charge in [-0.05, 0) is 92.7 Å². The van der Waals surface area contributed by atoms with Crippen LogP contribution in [0.5, 0.6) is 5.75 Å². The predicted molar refractivity (Wildman–Crippen MR) is 128 cm³/mol. The second-order valence-corrected chi connectivity index (χ2v) is 11.5. The minimum atomic E-state index is -4.11. The first-order valence-electron chi connectivity index (χ1n) is 13.1. The fraction of sp³-hybridized carbons (Fsp3) is 0.667. The van der Waals surface area contributed by atoms with Gasteiger partial charge in [-0.3, -0.25) is 9.69 Å². The van der Waals surface area contributed by atoms with E-state index in [1.165, 1.54) is 19.3 Å². The van der Waals surface area contributed by atoms with Crippen LogP contribution < -0.4 is 10.1 Å². The summed E-state index contributed by atoms with van der Waals surface area (Å²) in [6.45, 7) is 0.962. The highest BCUT2D eigenvalue weighted by Crippen LogP contribution is 2.49. The van der Waals surface area contributed by atoms with Crippen molar-refractivity contribution in [2.75, 3.05) is 31.6 Å². The summed E-state index contributed by atoms with van der Waals surface area (Å²) in [6.07, 6.45) is 5.26. The van der Waals surface area contributed by atoms with Gasteiger partial charge in [0.15, 0.2) is 0 Å². The SMILES string of the molecule is O=C(Nc1c[nH]c2ccc(OCC[C@@H]3C[C@@H]4CN(CC(F)(F)F)C[C@@H]4C3)cc12)[C@@H]1CCC2CC1C2. The quantitative estimate of drug-likeness (QED) is 0.514. The summed E-state index contributed by atoms with van der Waals surface area (Å²) in [7, 11) is 0. The van der Waals surface area contributed by atoms with Crippen molar-refractivity contribution in [2.45, 2.75) is 51.1 Å². The van der Waals surface area contributed by atoms with E-state index in [1.54, 1.807) is 4.90 Å². The van der Waals surface area contributed by atoms with E-state index in [0.29, 0.717) is 43.4 Å². The largest absolute Gasteiger partial charge is 0.494 e. The highest BCUT2D eigenvalue weighted by Gasteiger charge is 2.44. The van der Waals surface area contributed by atoms with Gasteiger partial charge in [-0.1, -0.05) is 0 Å². The average molecular weight is 490 g/mol. The number of nitrogens with one attached hydrogen (secondary N) is 2. The van der Waals surface area contributed by atoms with Gasteiger partial charge in [0, 0.05) is 36.1 Å². The molecule has 5 aliphatic rings. The van der Waals surface area contributed by atoms with Gasteiger partial charge in [0.05, 0.1) is 18.8 Å². The molecule has 1 saturated heterocycles. The van der Waals surface area contributed by atoms with Gasteiger partial charge in [0.1, 0.15) is 5.75 Å². The Morgan fingerprint density at radius 2 is 1.86 bits per heavy atom. The van der Waals surface area contributed by atoms with Crippen molar-refractivity contribution in [1.82, 2.24) is 9.88 Å². The maximum atomic E-state index is 12.9. The normalized spacial score (nSPS) is 32.4. The van der Waals surface area contributed by atoms with Crippen LogP contribution in [0.3, 0.4) is 0 Å². The Bertz CT molecular complexity index is 1060. The lowest BCUT2D eigenvalue weighted by atomic mass is 9.60. The second-order valence-electron chi connectivity index (χ2n) is 11.5. The molecule has 4 saturated carbocycles. The number of benzene rings is 1. The Kier molecular flexibility index (Phi) is 5.98. The molecule has 7 rings (SSSR count). The van der Waals surface area contributed by atoms with Crippen molar-refractivity contribution in [2.24, 2.45) is 35.5 Å². The molecule has 2 heterocycles. The molecule has 4 atom stereocenters. The number of H-pyrrole nitrogens is 1. The van der Waals surface area contributed by atoms with E-state index in [4.69, 9.17) is 4.74 Å². The highest BCUT2D eigenvalue weighted by atomic mass is 19.4. The van der Waals surface area contributed by atoms with Gasteiger partial charge in [0.2, 0.25) is 5.91 Å². The zero-order chi connectivity index (χ0) is 24.2. The van der Waals surface area contributed by atoms with Crippen LogP contribution in [0.1, 0.15) is 44.9 Å². The van der Waals surface area contributed by atoms with Gasteiger partial charge in [-0.15, -0.1) is 0 Å². The van der Waals surface area contributed by atoms with Gasteiger partial charge < -0.3 is 15.0 Å². The van der Waals surface area contributed by atoms with Crippen LogP contribution in [0.4, 0.5) is 18.9 Å². The lowest BCUT2D eigenvalue weighted by molar-refractivity contribution is -0.144. The molecule has 190 valence electrons. The molecule has 0 radical (unpaired) electrons. The molecule has 1 aromatic heterocycles. The number of likely N-dealkylation sites (tertiary alicyclic amines) is 1. The first-order chi connectivity index (χ1) is 16.8. The van der Waals surface area contributed by atoms with Gasteiger partial charge in [0.25, 0.3) is 0 Å². The Hall–Kier alpha value is -2.22. The summed E-state index contributed by atoms with van der Waals surface area (Å²) in [5.41, 5.74) is 1.77. The third kappa shape index (κ3) is 4.91. The van der Waals surface area contributed by atoms with Crippen molar-refractivity contribution >= 4 is 22.5 Å². The molecule has 2 N–H and O–H groups in total. The number of fused-ring (bicyclic) bond motifs is 4. The molecule has 8 heteroatoms. The Labute approximate surface area is 203 Å². The topological polar surface area (TPSA) is 57.4 Å². The Morgan fingerprint density at radius 1 is 1.09 bits per heavy atom. The zero-order valence-corrected chi connectivity index (χ0v) is 19.9. The molecule has 5 fully saturated rings. The number of amides is 1. The molecule has 2 aromatic rings. The van der Waals surface area contributed by atoms with Crippen LogP contribution in [-0.2, 0) is 4.79 Å². The van der Waals surface area contributed by atoms with Gasteiger partial charge >= 0.3 is 6.18 Å². The van der Waals surface area contributed by atoms with Crippen LogP contribution in [0.2, 0.25) is 0 Å². The number of ether oxygens (including phenoxy) is 1. The number of anilines is 1. The summed E-state index contributed by atoms with van der Waals surface area (Å²) < 4.78 is 44.1. The van der Waals surface area contributed by atoms with Crippen molar-refractivity contribution in [1.29, 1.82) is 0 Å². The first-order valence-corrected chi connectivity index (χ1v) is 13.1. The number of hydrogen-bond acceptors (Lipinski definition) is 3. The van der Waals surface area contributed by atoms with Crippen LogP contribution >= 0.6 is 0 Å². The minimum Gasteiger partial charge on any atom is -0.494 e. The van der Waals surface area contributed by atoms with E-state index in [9.17, 15) is 18.0 Å². The number of carbonyl (C=O) groups is 1. The molecule has 35 heavy (non-hydrogen) atoms. The van der Waals surface area contributed by atoms with Crippen LogP contribution in [0.25, 0.3) is 10.9 Å². The highest BCUT2D eigenvalue weighted by molar-refractivity contribution is 6.02. The Morgan fingerprint density at radius 3 is 2.54 bits per heavy atom. The maximum absolute atomic E-state index is 12.9. The lowest BCUT2D eigenvalue weighted by Crippen LogP contribution is -2.42. The van der Waals surface area contributed by atoms with Crippen LogP contribution in [-0.4, -0.2) is 48.2 Å². The molecular formula is C27H34F3N3O2. The summed E-state index contributed by atoms with van der Waals surface area (Å²) in [6, 6.07) is 5.91. The van der Waals surface area contributed by atoms with E-state index in [-0.39, 0.29) is 11.8 Å². The molecular weight excluding hydrogens is 455 g/mol. The minimum absolute atomic E-state index is 0.135. The second kappa shape index (κ2) is 9.02. The van der Waals surface area contributed by atoms with Crippen molar-refractivity contribution in [3.05, 3.63) is 24.4 Å². The predicted octanol–water partition coefficient (Wildman–Crippen LogP) is 5.83. The Balaban J connectivity index is 1.00. The van der Waals surface area contributed by atoms with E-state index < -0.39 is 12.7 Å². The molecule has 1 aromatic carbocycles. The summed E-state index contributed by atoms with van der Waals surface area (Å²) in [5.74, 6) is 3.76. The fourth-order valence-electron chi connectivity index (χ4n) is 7.35. The molecule has 1 aliphatic heterocycles. The average Bonchev–Trinajstić information content (AvgIpc) is 3.45. The van der Waals surface area contributed by atoms with E-state index >= 15 is 0 Å². The summed E-state index contributed by atoms with van der Waals surface area (Å²) >= 11 is 0. The molecule has 2 bridgehead atoms. The standard InChI is InChI=1S/C27H34F3N3O2/c28-27(29,30)15-33-13-19-9-17(10-20(19)14-33)5-6-35-21-2-4-24-23(11-21)25(12-31-24)32-26(34)22-3-1-16-7-18(22)8-16/h2,4,11-12,16-20,22,31H,1,3,5-10,13-15H2,(H,32,34)/t16?,17-,18?,19-,20+,22-/m1/s1. The fourth-order valence-corrected chi connectivity index (χ4v) is 7.35. The van der Waals surface area contributed by atoms with E-state index in [0.717, 1.165) is 53.9 Å². The monoisotopic (exact) mass is 489 g/mol. The van der Waals surface area contributed by atoms with Crippen LogP contribution in [0.15, 0.2) is 24.4 Å². The lowest BCUT2D eigenvalue weighted by Gasteiger charge is -2.45. The first kappa shape index (κ1) is 23.2. The smallest absolute Gasteiger partial charge is 0.401 e. The number of aromatic nitrogens is 1. The number of alkyl halides is 3. The van der Waals surface area contributed by atoms with Gasteiger partial charge in [-0.2, -0.15) is 13.2 Å². The molecule has 4 aliphatic carbocycles. The molecule has 0 unspecified atom stereocenters. The third-order valence-corrected chi connectivity index (χ3v) is 9.10. The van der Waals surface area contributed by atoms with Crippen molar-refractivity contribution in [3.8, 4) is 5.75 Å². The van der Waals surface area contributed by atoms with Crippen molar-refractivity contribution in [3.63, 3.8) is 0 Å².